The molecule has 0 heterocycles. The number of rotatable bonds is 5. The number of halogens is 2. The molecule has 0 unspecified atom stereocenters. The van der Waals surface area contributed by atoms with E-state index in [-0.39, 0.29) is 18.7 Å². The van der Waals surface area contributed by atoms with Gasteiger partial charge in [0.05, 0.1) is 7.14 Å². The molecule has 0 spiro atoms. The molecule has 0 saturated heterocycles. The molecule has 1 aromatic carbocycles. The number of carbonyl (C=O) groups is 1. The molecule has 1 aliphatic rings. The molecule has 5 heteroatoms. The lowest BCUT2D eigenvalue weighted by Crippen LogP contribution is -2.24. The van der Waals surface area contributed by atoms with E-state index >= 15 is 0 Å². The number of hydrogen-bond donors (Lipinski definition) is 0. The predicted octanol–water partition coefficient (Wildman–Crippen LogP) is 4.79. The summed E-state index contributed by atoms with van der Waals surface area (Å²) in [6, 6.07) is 3.97. The Morgan fingerprint density at radius 3 is 2.43 bits per heavy atom. The van der Waals surface area contributed by atoms with Crippen molar-refractivity contribution >= 4 is 57.2 Å². The summed E-state index contributed by atoms with van der Waals surface area (Å²) in [6.45, 7) is 3.73. The molecule has 2 rings (SSSR count). The van der Waals surface area contributed by atoms with E-state index in [0.29, 0.717) is 0 Å². The van der Waals surface area contributed by atoms with Crippen LogP contribution in [0.4, 0.5) is 0 Å². The molecule has 1 aliphatic carbocycles. The van der Waals surface area contributed by atoms with Crippen molar-refractivity contribution in [2.45, 2.75) is 38.2 Å². The van der Waals surface area contributed by atoms with Crippen molar-refractivity contribution in [1.82, 2.24) is 0 Å². The highest BCUT2D eigenvalue weighted by molar-refractivity contribution is 14.1. The standard InChI is InChI=1S/C16H18I2O3/c1-2-11-8-13(17)16(14(18)9-11)20-10-15(19)21-12-6-4-3-5-7-12/h2,8-9,12H,1,3-7,10H2. The molecule has 0 N–H and O–H groups in total. The van der Waals surface area contributed by atoms with Crippen LogP contribution in [0.3, 0.4) is 0 Å². The molecule has 114 valence electrons. The van der Waals surface area contributed by atoms with Crippen molar-refractivity contribution in [2.75, 3.05) is 6.61 Å². The Balaban J connectivity index is 1.90. The number of esters is 1. The average Bonchev–Trinajstić information content (AvgIpc) is 2.47. The Hall–Kier alpha value is -0.310. The summed E-state index contributed by atoms with van der Waals surface area (Å²) in [5.74, 6) is 0.462. The Bertz CT molecular complexity index is 499. The maximum Gasteiger partial charge on any atom is 0.344 e. The Morgan fingerprint density at radius 1 is 1.24 bits per heavy atom. The molecule has 1 fully saturated rings. The second-order valence-electron chi connectivity index (χ2n) is 5.06. The fourth-order valence-electron chi connectivity index (χ4n) is 2.37. The number of ether oxygens (including phenoxy) is 2. The summed E-state index contributed by atoms with van der Waals surface area (Å²) in [5.41, 5.74) is 1.04. The predicted molar refractivity (Wildman–Crippen MR) is 100 cm³/mol. The lowest BCUT2D eigenvalue weighted by atomic mass is 9.98. The Labute approximate surface area is 152 Å². The highest BCUT2D eigenvalue weighted by Gasteiger charge is 2.18. The summed E-state index contributed by atoms with van der Waals surface area (Å²) in [6.07, 6.45) is 7.39. The van der Waals surface area contributed by atoms with Gasteiger partial charge in [0.15, 0.2) is 6.61 Å². The van der Waals surface area contributed by atoms with Crippen LogP contribution in [0, 0.1) is 7.14 Å². The normalized spacial score (nSPS) is 15.5. The van der Waals surface area contributed by atoms with Crippen molar-refractivity contribution < 1.29 is 14.3 Å². The fraction of sp³-hybridized carbons (Fsp3) is 0.438. The summed E-state index contributed by atoms with van der Waals surface area (Å²) in [7, 11) is 0. The van der Waals surface area contributed by atoms with Crippen LogP contribution in [0.25, 0.3) is 6.08 Å². The summed E-state index contributed by atoms with van der Waals surface area (Å²) < 4.78 is 13.0. The second kappa shape index (κ2) is 8.36. The molecule has 0 atom stereocenters. The largest absolute Gasteiger partial charge is 0.480 e. The maximum absolute atomic E-state index is 11.9. The molecule has 0 amide bonds. The van der Waals surface area contributed by atoms with Gasteiger partial charge in [-0.3, -0.25) is 0 Å². The van der Waals surface area contributed by atoms with Crippen LogP contribution < -0.4 is 4.74 Å². The van der Waals surface area contributed by atoms with Crippen molar-refractivity contribution in [1.29, 1.82) is 0 Å². The molecule has 0 bridgehead atoms. The molecule has 3 nitrogen and oxygen atoms in total. The summed E-state index contributed by atoms with van der Waals surface area (Å²) in [4.78, 5) is 11.9. The third-order valence-electron chi connectivity index (χ3n) is 3.44. The van der Waals surface area contributed by atoms with Crippen LogP contribution in [0.1, 0.15) is 37.7 Å². The van der Waals surface area contributed by atoms with E-state index in [9.17, 15) is 4.79 Å². The maximum atomic E-state index is 11.9. The summed E-state index contributed by atoms with van der Waals surface area (Å²) in [5, 5.41) is 0. The van der Waals surface area contributed by atoms with Crippen LogP contribution in [-0.2, 0) is 9.53 Å². The van der Waals surface area contributed by atoms with Crippen molar-refractivity contribution in [3.05, 3.63) is 31.4 Å². The van der Waals surface area contributed by atoms with Gasteiger partial charge in [-0.05, 0) is 88.6 Å². The highest BCUT2D eigenvalue weighted by atomic mass is 127. The van der Waals surface area contributed by atoms with Gasteiger partial charge in [-0.15, -0.1) is 0 Å². The average molecular weight is 512 g/mol. The third kappa shape index (κ3) is 5.12. The van der Waals surface area contributed by atoms with Gasteiger partial charge in [-0.2, -0.15) is 0 Å². The summed E-state index contributed by atoms with van der Waals surface area (Å²) >= 11 is 4.41. The van der Waals surface area contributed by atoms with E-state index in [2.05, 4.69) is 51.8 Å². The van der Waals surface area contributed by atoms with Gasteiger partial charge in [0, 0.05) is 0 Å². The number of hydrogen-bond acceptors (Lipinski definition) is 3. The zero-order chi connectivity index (χ0) is 15.2. The lowest BCUT2D eigenvalue weighted by Gasteiger charge is -2.22. The van der Waals surface area contributed by atoms with Crippen molar-refractivity contribution in [2.24, 2.45) is 0 Å². The van der Waals surface area contributed by atoms with Crippen LogP contribution in [-0.4, -0.2) is 18.7 Å². The van der Waals surface area contributed by atoms with E-state index in [1.807, 2.05) is 12.1 Å². The zero-order valence-corrected chi connectivity index (χ0v) is 16.1. The quantitative estimate of drug-likeness (QED) is 0.421. The first-order valence-corrected chi connectivity index (χ1v) is 9.19. The molecule has 0 aliphatic heterocycles. The topological polar surface area (TPSA) is 35.5 Å². The molecule has 21 heavy (non-hydrogen) atoms. The number of benzene rings is 1. The minimum atomic E-state index is -0.277. The first-order chi connectivity index (χ1) is 10.1. The fourth-order valence-corrected chi connectivity index (χ4v) is 4.50. The highest BCUT2D eigenvalue weighted by Crippen LogP contribution is 2.29. The van der Waals surface area contributed by atoms with Crippen LogP contribution in [0.5, 0.6) is 5.75 Å². The molecular formula is C16H18I2O3. The smallest absolute Gasteiger partial charge is 0.344 e. The van der Waals surface area contributed by atoms with Crippen molar-refractivity contribution in [3.63, 3.8) is 0 Å². The minimum Gasteiger partial charge on any atom is -0.480 e. The van der Waals surface area contributed by atoms with Crippen molar-refractivity contribution in [3.8, 4) is 5.75 Å². The van der Waals surface area contributed by atoms with Crippen LogP contribution in [0.2, 0.25) is 0 Å². The van der Waals surface area contributed by atoms with Gasteiger partial charge >= 0.3 is 5.97 Å². The second-order valence-corrected chi connectivity index (χ2v) is 7.38. The van der Waals surface area contributed by atoms with Crippen LogP contribution in [0.15, 0.2) is 18.7 Å². The van der Waals surface area contributed by atoms with Crippen LogP contribution >= 0.6 is 45.2 Å². The molecule has 0 aromatic heterocycles. The van der Waals surface area contributed by atoms with Gasteiger partial charge < -0.3 is 9.47 Å². The minimum absolute atomic E-state index is 0.0318. The Morgan fingerprint density at radius 2 is 1.86 bits per heavy atom. The van der Waals surface area contributed by atoms with E-state index < -0.39 is 0 Å². The van der Waals surface area contributed by atoms with E-state index in [1.54, 1.807) is 6.08 Å². The Kier molecular flexibility index (Phi) is 6.78. The molecule has 1 saturated carbocycles. The molecule has 0 radical (unpaired) electrons. The monoisotopic (exact) mass is 512 g/mol. The SMILES string of the molecule is C=Cc1cc(I)c(OCC(=O)OC2CCCCC2)c(I)c1. The van der Waals surface area contributed by atoms with E-state index in [0.717, 1.165) is 44.1 Å². The van der Waals surface area contributed by atoms with Gasteiger partial charge in [0.1, 0.15) is 11.9 Å². The first kappa shape index (κ1) is 17.1. The molecule has 1 aromatic rings. The number of carbonyl (C=O) groups excluding carboxylic acids is 1. The van der Waals surface area contributed by atoms with Gasteiger partial charge in [-0.25, -0.2) is 4.79 Å². The molecular weight excluding hydrogens is 494 g/mol. The third-order valence-corrected chi connectivity index (χ3v) is 5.04. The van der Waals surface area contributed by atoms with E-state index in [4.69, 9.17) is 9.47 Å². The zero-order valence-electron chi connectivity index (χ0n) is 11.7. The van der Waals surface area contributed by atoms with Gasteiger partial charge in [0.25, 0.3) is 0 Å². The van der Waals surface area contributed by atoms with Gasteiger partial charge in [0.2, 0.25) is 0 Å². The first-order valence-electron chi connectivity index (χ1n) is 7.04. The van der Waals surface area contributed by atoms with E-state index in [1.165, 1.54) is 6.42 Å². The van der Waals surface area contributed by atoms with Gasteiger partial charge in [-0.1, -0.05) is 19.1 Å². The lowest BCUT2D eigenvalue weighted by molar-refractivity contribution is -0.152.